The number of methoxy groups -OCH3 is 2. The summed E-state index contributed by atoms with van der Waals surface area (Å²) in [6.07, 6.45) is 4.72. The summed E-state index contributed by atoms with van der Waals surface area (Å²) in [5.74, 6) is 1.59. The minimum atomic E-state index is 0.774. The lowest BCUT2D eigenvalue weighted by atomic mass is 9.84. The summed E-state index contributed by atoms with van der Waals surface area (Å²) in [4.78, 5) is 4.38. The van der Waals surface area contributed by atoms with Gasteiger partial charge in [-0.05, 0) is 22.6 Å². The van der Waals surface area contributed by atoms with E-state index < -0.39 is 0 Å². The van der Waals surface area contributed by atoms with E-state index >= 15 is 0 Å². The zero-order chi connectivity index (χ0) is 14.4. The zero-order valence-corrected chi connectivity index (χ0v) is 12.0. The molecule has 104 valence electrons. The average Bonchev–Trinajstić information content (AvgIpc) is 2.54. The average molecular weight is 277 g/mol. The summed E-state index contributed by atoms with van der Waals surface area (Å²) in [6, 6.07) is 10.4. The number of hydrogen-bond acceptors (Lipinski definition) is 3. The highest BCUT2D eigenvalue weighted by Gasteiger charge is 2.23. The molecule has 2 aromatic carbocycles. The third-order valence-electron chi connectivity index (χ3n) is 4.18. The van der Waals surface area contributed by atoms with E-state index in [1.807, 2.05) is 18.5 Å². The molecule has 0 radical (unpaired) electrons. The summed E-state index contributed by atoms with van der Waals surface area (Å²) in [5, 5.41) is 2.48. The van der Waals surface area contributed by atoms with Gasteiger partial charge in [0.05, 0.1) is 14.2 Å². The van der Waals surface area contributed by atoms with Crippen LogP contribution in [0, 0.1) is 0 Å². The molecular weight excluding hydrogens is 262 g/mol. The van der Waals surface area contributed by atoms with Crippen molar-refractivity contribution < 1.29 is 9.47 Å². The first kappa shape index (κ1) is 12.2. The van der Waals surface area contributed by atoms with Gasteiger partial charge in [0.1, 0.15) is 0 Å². The van der Waals surface area contributed by atoms with E-state index in [2.05, 4.69) is 29.2 Å². The standard InChI is InChI=1S/C18H15NO2/c1-20-16-7-6-13-14(18(16)21-2)8-11-4-3-5-12-9-19-10-15(13)17(11)12/h3-7,9-10H,8H2,1-2H3. The molecule has 1 aromatic heterocycles. The molecule has 0 saturated carbocycles. The maximum Gasteiger partial charge on any atom is 0.164 e. The lowest BCUT2D eigenvalue weighted by molar-refractivity contribution is 0.352. The molecule has 0 saturated heterocycles. The van der Waals surface area contributed by atoms with Crippen molar-refractivity contribution in [1.29, 1.82) is 0 Å². The van der Waals surface area contributed by atoms with Gasteiger partial charge in [-0.15, -0.1) is 0 Å². The highest BCUT2D eigenvalue weighted by Crippen LogP contribution is 2.45. The number of rotatable bonds is 2. The van der Waals surface area contributed by atoms with Crippen LogP contribution in [-0.4, -0.2) is 19.2 Å². The Morgan fingerprint density at radius 1 is 0.952 bits per heavy atom. The van der Waals surface area contributed by atoms with Crippen molar-refractivity contribution in [2.45, 2.75) is 6.42 Å². The van der Waals surface area contributed by atoms with E-state index in [1.54, 1.807) is 14.2 Å². The molecule has 0 amide bonds. The van der Waals surface area contributed by atoms with E-state index in [0.717, 1.165) is 17.9 Å². The van der Waals surface area contributed by atoms with Crippen molar-refractivity contribution in [3.63, 3.8) is 0 Å². The van der Waals surface area contributed by atoms with Crippen molar-refractivity contribution in [3.05, 3.63) is 53.9 Å². The number of fused-ring (bicyclic) bond motifs is 2. The number of nitrogens with zero attached hydrogens (tertiary/aromatic N) is 1. The zero-order valence-electron chi connectivity index (χ0n) is 12.0. The van der Waals surface area contributed by atoms with Crippen molar-refractivity contribution in [3.8, 4) is 22.6 Å². The molecule has 3 heteroatoms. The van der Waals surface area contributed by atoms with Crippen LogP contribution in [0.25, 0.3) is 21.9 Å². The molecule has 0 N–H and O–H groups in total. The van der Waals surface area contributed by atoms with E-state index in [-0.39, 0.29) is 0 Å². The predicted molar refractivity (Wildman–Crippen MR) is 83.1 cm³/mol. The molecule has 1 aliphatic rings. The van der Waals surface area contributed by atoms with Gasteiger partial charge in [0.25, 0.3) is 0 Å². The fourth-order valence-electron chi connectivity index (χ4n) is 3.27. The fraction of sp³-hybridized carbons (Fsp3) is 0.167. The molecule has 3 nitrogen and oxygen atoms in total. The highest BCUT2D eigenvalue weighted by molar-refractivity contribution is 6.01. The van der Waals surface area contributed by atoms with Crippen LogP contribution in [-0.2, 0) is 6.42 Å². The third-order valence-corrected chi connectivity index (χ3v) is 4.18. The second-order valence-corrected chi connectivity index (χ2v) is 5.21. The minimum Gasteiger partial charge on any atom is -0.493 e. The Balaban J connectivity index is 2.10. The van der Waals surface area contributed by atoms with Crippen LogP contribution >= 0.6 is 0 Å². The first-order valence-electron chi connectivity index (χ1n) is 6.93. The smallest absolute Gasteiger partial charge is 0.164 e. The molecule has 1 heterocycles. The maximum atomic E-state index is 5.60. The molecule has 3 aromatic rings. The molecular formula is C18H15NO2. The van der Waals surface area contributed by atoms with E-state index in [0.29, 0.717) is 0 Å². The Labute approximate surface area is 123 Å². The minimum absolute atomic E-state index is 0.774. The van der Waals surface area contributed by atoms with Gasteiger partial charge in [0, 0.05) is 35.3 Å². The number of pyridine rings is 1. The van der Waals surface area contributed by atoms with E-state index in [1.165, 1.54) is 33.0 Å². The number of aromatic nitrogens is 1. The number of benzene rings is 2. The SMILES string of the molecule is COc1ccc2c(c1OC)Cc1cccc3cncc-2c13. The van der Waals surface area contributed by atoms with Crippen LogP contribution in [0.5, 0.6) is 11.5 Å². The fourth-order valence-corrected chi connectivity index (χ4v) is 3.27. The quantitative estimate of drug-likeness (QED) is 0.558. The van der Waals surface area contributed by atoms with Crippen LogP contribution in [0.15, 0.2) is 42.7 Å². The second kappa shape index (κ2) is 4.48. The first-order chi connectivity index (χ1) is 10.3. The third kappa shape index (κ3) is 1.64. The van der Waals surface area contributed by atoms with Gasteiger partial charge in [0.2, 0.25) is 0 Å². The van der Waals surface area contributed by atoms with Gasteiger partial charge in [-0.25, -0.2) is 0 Å². The number of hydrogen-bond donors (Lipinski definition) is 0. The largest absolute Gasteiger partial charge is 0.493 e. The second-order valence-electron chi connectivity index (χ2n) is 5.21. The van der Waals surface area contributed by atoms with E-state index in [9.17, 15) is 0 Å². The van der Waals surface area contributed by atoms with Gasteiger partial charge in [0.15, 0.2) is 11.5 Å². The highest BCUT2D eigenvalue weighted by atomic mass is 16.5. The number of ether oxygens (including phenoxy) is 2. The van der Waals surface area contributed by atoms with E-state index in [4.69, 9.17) is 9.47 Å². The monoisotopic (exact) mass is 277 g/mol. The molecule has 4 rings (SSSR count). The van der Waals surface area contributed by atoms with Crippen LogP contribution in [0.1, 0.15) is 11.1 Å². The van der Waals surface area contributed by atoms with Crippen LogP contribution in [0.4, 0.5) is 0 Å². The summed E-state index contributed by atoms with van der Waals surface area (Å²) >= 11 is 0. The topological polar surface area (TPSA) is 31.4 Å². The Morgan fingerprint density at radius 2 is 1.86 bits per heavy atom. The molecule has 1 aliphatic carbocycles. The van der Waals surface area contributed by atoms with Crippen molar-refractivity contribution in [1.82, 2.24) is 4.98 Å². The Kier molecular flexibility index (Phi) is 2.61. The normalized spacial score (nSPS) is 12.1. The first-order valence-corrected chi connectivity index (χ1v) is 6.93. The lowest BCUT2D eigenvalue weighted by Crippen LogP contribution is -2.05. The molecule has 0 bridgehead atoms. The Bertz CT molecular complexity index is 850. The molecule has 0 fully saturated rings. The van der Waals surface area contributed by atoms with Crippen molar-refractivity contribution in [2.24, 2.45) is 0 Å². The van der Waals surface area contributed by atoms with Crippen LogP contribution in [0.3, 0.4) is 0 Å². The summed E-state index contributed by atoms with van der Waals surface area (Å²) in [6.45, 7) is 0. The summed E-state index contributed by atoms with van der Waals surface area (Å²) in [5.41, 5.74) is 4.84. The van der Waals surface area contributed by atoms with Crippen molar-refractivity contribution in [2.75, 3.05) is 14.2 Å². The van der Waals surface area contributed by atoms with Gasteiger partial charge in [-0.3, -0.25) is 4.98 Å². The molecule has 21 heavy (non-hydrogen) atoms. The van der Waals surface area contributed by atoms with Gasteiger partial charge >= 0.3 is 0 Å². The lowest BCUT2D eigenvalue weighted by Gasteiger charge is -2.23. The molecule has 0 unspecified atom stereocenters. The molecule has 0 aliphatic heterocycles. The van der Waals surface area contributed by atoms with Crippen LogP contribution < -0.4 is 9.47 Å². The summed E-state index contributed by atoms with van der Waals surface area (Å²) in [7, 11) is 3.36. The van der Waals surface area contributed by atoms with Crippen molar-refractivity contribution >= 4 is 10.8 Å². The predicted octanol–water partition coefficient (Wildman–Crippen LogP) is 3.82. The molecule has 0 atom stereocenters. The van der Waals surface area contributed by atoms with Crippen LogP contribution in [0.2, 0.25) is 0 Å². The Hall–Kier alpha value is -2.55. The molecule has 0 spiro atoms. The van der Waals surface area contributed by atoms with Gasteiger partial charge in [-0.1, -0.05) is 24.3 Å². The Morgan fingerprint density at radius 3 is 2.67 bits per heavy atom. The van der Waals surface area contributed by atoms with Gasteiger partial charge < -0.3 is 9.47 Å². The van der Waals surface area contributed by atoms with Gasteiger partial charge in [-0.2, -0.15) is 0 Å². The summed E-state index contributed by atoms with van der Waals surface area (Å²) < 4.78 is 11.0. The maximum absolute atomic E-state index is 5.60.